The minimum absolute atomic E-state index is 0.0242. The van der Waals surface area contributed by atoms with E-state index in [0.29, 0.717) is 0 Å². The summed E-state index contributed by atoms with van der Waals surface area (Å²) in [6.45, 7) is 0. The van der Waals surface area contributed by atoms with Crippen LogP contribution in [0.2, 0.25) is 0 Å². The van der Waals surface area contributed by atoms with Gasteiger partial charge in [-0.15, -0.1) is 0 Å². The first-order valence-corrected chi connectivity index (χ1v) is 6.82. The Labute approximate surface area is 131 Å². The van der Waals surface area contributed by atoms with Crippen LogP contribution in [0.1, 0.15) is 20.7 Å². The van der Waals surface area contributed by atoms with Gasteiger partial charge in [0.15, 0.2) is 0 Å². The van der Waals surface area contributed by atoms with Crippen LogP contribution in [0.4, 0.5) is 0 Å². The Kier molecular flexibility index (Phi) is 3.68. The zero-order valence-corrected chi connectivity index (χ0v) is 11.9. The molecular weight excluding hydrogens is 296 g/mol. The summed E-state index contributed by atoms with van der Waals surface area (Å²) in [5.41, 5.74) is -0.148. The second kappa shape index (κ2) is 5.81. The molecule has 0 spiro atoms. The molecule has 0 fully saturated rings. The number of esters is 1. The molecule has 0 unspecified atom stereocenters. The summed E-state index contributed by atoms with van der Waals surface area (Å²) in [5, 5.41) is 20.7. The third kappa shape index (κ3) is 2.85. The molecule has 3 rings (SSSR count). The molecule has 0 radical (unpaired) electrons. The van der Waals surface area contributed by atoms with Gasteiger partial charge in [0.05, 0.1) is 0 Å². The lowest BCUT2D eigenvalue weighted by Gasteiger charge is -2.09. The number of hydrogen-bond acceptors (Lipinski definition) is 4. The van der Waals surface area contributed by atoms with E-state index in [2.05, 4.69) is 0 Å². The van der Waals surface area contributed by atoms with Crippen LogP contribution in [-0.4, -0.2) is 22.2 Å². The van der Waals surface area contributed by atoms with Gasteiger partial charge in [0.2, 0.25) is 0 Å². The number of phenolic OH excluding ortho intramolecular Hbond substituents is 1. The van der Waals surface area contributed by atoms with Crippen molar-refractivity contribution in [1.82, 2.24) is 0 Å². The largest absolute Gasteiger partial charge is 0.507 e. The van der Waals surface area contributed by atoms with Crippen molar-refractivity contribution in [2.24, 2.45) is 0 Å². The minimum Gasteiger partial charge on any atom is -0.507 e. The molecule has 5 nitrogen and oxygen atoms in total. The highest BCUT2D eigenvalue weighted by molar-refractivity contribution is 6.00. The van der Waals surface area contributed by atoms with Crippen molar-refractivity contribution in [2.75, 3.05) is 0 Å². The summed E-state index contributed by atoms with van der Waals surface area (Å²) < 4.78 is 5.14. The Morgan fingerprint density at radius 1 is 0.826 bits per heavy atom. The van der Waals surface area contributed by atoms with Crippen LogP contribution in [0.15, 0.2) is 60.7 Å². The molecule has 3 aromatic carbocycles. The maximum atomic E-state index is 12.3. The number of aromatic hydroxyl groups is 1. The fraction of sp³-hybridized carbons (Fsp3) is 0. The number of fused-ring (bicyclic) bond motifs is 1. The third-order valence-corrected chi connectivity index (χ3v) is 3.40. The number of phenols is 1. The molecule has 0 aliphatic carbocycles. The van der Waals surface area contributed by atoms with Gasteiger partial charge >= 0.3 is 11.9 Å². The Balaban J connectivity index is 1.98. The average Bonchev–Trinajstić information content (AvgIpc) is 2.54. The number of rotatable bonds is 3. The molecule has 0 amide bonds. The molecule has 0 bridgehead atoms. The number of carbonyl (C=O) groups is 2. The van der Waals surface area contributed by atoms with Crippen molar-refractivity contribution >= 4 is 22.7 Å². The summed E-state index contributed by atoms with van der Waals surface area (Å²) in [6, 6.07) is 16.1. The Hall–Kier alpha value is -3.34. The highest BCUT2D eigenvalue weighted by atomic mass is 16.5. The van der Waals surface area contributed by atoms with Crippen LogP contribution in [0.25, 0.3) is 10.8 Å². The summed E-state index contributed by atoms with van der Waals surface area (Å²) in [4.78, 5) is 23.4. The molecule has 3 aromatic rings. The molecule has 114 valence electrons. The topological polar surface area (TPSA) is 83.8 Å². The van der Waals surface area contributed by atoms with Crippen molar-refractivity contribution < 1.29 is 24.5 Å². The molecular formula is C18H12O5. The smallest absolute Gasteiger partial charge is 0.347 e. The van der Waals surface area contributed by atoms with Gasteiger partial charge in [-0.2, -0.15) is 0 Å². The molecule has 0 saturated carbocycles. The molecule has 5 heteroatoms. The minimum atomic E-state index is -1.20. The van der Waals surface area contributed by atoms with E-state index in [9.17, 15) is 14.7 Å². The number of carbonyl (C=O) groups excluding carboxylic acids is 1. The first-order valence-electron chi connectivity index (χ1n) is 6.82. The normalized spacial score (nSPS) is 10.4. The van der Waals surface area contributed by atoms with E-state index in [-0.39, 0.29) is 22.6 Å². The molecule has 0 heterocycles. The standard InChI is InChI=1S/C18H12O5/c19-15-10-12-6-2-1-5-11(12)9-14(15)18(22)23-16-8-4-3-7-13(16)17(20)21/h1-10,19H,(H,20,21). The third-order valence-electron chi connectivity index (χ3n) is 3.40. The van der Waals surface area contributed by atoms with Gasteiger partial charge in [0.1, 0.15) is 22.6 Å². The fourth-order valence-corrected chi connectivity index (χ4v) is 2.28. The summed E-state index contributed by atoms with van der Waals surface area (Å²) >= 11 is 0. The van der Waals surface area contributed by atoms with Crippen molar-refractivity contribution in [2.45, 2.75) is 0 Å². The van der Waals surface area contributed by atoms with Gasteiger partial charge < -0.3 is 14.9 Å². The second-order valence-electron chi connectivity index (χ2n) is 4.91. The molecule has 0 atom stereocenters. The van der Waals surface area contributed by atoms with Gasteiger partial charge in [0.25, 0.3) is 0 Å². The number of hydrogen-bond donors (Lipinski definition) is 2. The van der Waals surface area contributed by atoms with E-state index in [1.54, 1.807) is 12.1 Å². The van der Waals surface area contributed by atoms with Crippen molar-refractivity contribution in [3.05, 3.63) is 71.8 Å². The van der Waals surface area contributed by atoms with Gasteiger partial charge in [-0.25, -0.2) is 9.59 Å². The van der Waals surface area contributed by atoms with E-state index >= 15 is 0 Å². The molecule has 2 N–H and O–H groups in total. The molecule has 0 saturated heterocycles. The zero-order chi connectivity index (χ0) is 16.4. The number of para-hydroxylation sites is 1. The maximum Gasteiger partial charge on any atom is 0.347 e. The van der Waals surface area contributed by atoms with E-state index in [4.69, 9.17) is 9.84 Å². The first-order chi connectivity index (χ1) is 11.1. The van der Waals surface area contributed by atoms with Crippen molar-refractivity contribution in [3.8, 4) is 11.5 Å². The molecule has 23 heavy (non-hydrogen) atoms. The Morgan fingerprint density at radius 2 is 1.43 bits per heavy atom. The van der Waals surface area contributed by atoms with Gasteiger partial charge in [0, 0.05) is 0 Å². The number of carboxylic acids is 1. The fourth-order valence-electron chi connectivity index (χ4n) is 2.28. The predicted molar refractivity (Wildman–Crippen MR) is 84.0 cm³/mol. The molecule has 0 aliphatic heterocycles. The summed E-state index contributed by atoms with van der Waals surface area (Å²) in [5.74, 6) is -2.31. The first kappa shape index (κ1) is 14.6. The van der Waals surface area contributed by atoms with E-state index in [1.165, 1.54) is 30.3 Å². The SMILES string of the molecule is O=C(Oc1ccccc1C(=O)O)c1cc2ccccc2cc1O. The van der Waals surface area contributed by atoms with Crippen LogP contribution in [0.5, 0.6) is 11.5 Å². The number of ether oxygens (including phenoxy) is 1. The lowest BCUT2D eigenvalue weighted by Crippen LogP contribution is -2.11. The second-order valence-corrected chi connectivity index (χ2v) is 4.91. The predicted octanol–water partition coefficient (Wildman–Crippen LogP) is 3.46. The van der Waals surface area contributed by atoms with Gasteiger partial charge in [-0.1, -0.05) is 36.4 Å². The molecule has 0 aliphatic rings. The monoisotopic (exact) mass is 308 g/mol. The number of carboxylic acid groups (broad SMARTS) is 1. The van der Waals surface area contributed by atoms with Gasteiger partial charge in [-0.3, -0.25) is 0 Å². The van der Waals surface area contributed by atoms with E-state index in [1.807, 2.05) is 18.2 Å². The van der Waals surface area contributed by atoms with Crippen LogP contribution in [0.3, 0.4) is 0 Å². The van der Waals surface area contributed by atoms with Crippen LogP contribution in [-0.2, 0) is 0 Å². The Bertz CT molecular complexity index is 914. The number of aromatic carboxylic acids is 1. The van der Waals surface area contributed by atoms with E-state index < -0.39 is 11.9 Å². The lowest BCUT2D eigenvalue weighted by molar-refractivity contribution is 0.0681. The maximum absolute atomic E-state index is 12.3. The highest BCUT2D eigenvalue weighted by Gasteiger charge is 2.18. The zero-order valence-electron chi connectivity index (χ0n) is 11.9. The highest BCUT2D eigenvalue weighted by Crippen LogP contribution is 2.27. The average molecular weight is 308 g/mol. The summed E-state index contributed by atoms with van der Waals surface area (Å²) in [7, 11) is 0. The molecule has 0 aromatic heterocycles. The Morgan fingerprint density at radius 3 is 2.13 bits per heavy atom. The van der Waals surface area contributed by atoms with Crippen LogP contribution < -0.4 is 4.74 Å². The van der Waals surface area contributed by atoms with Crippen LogP contribution in [0, 0.1) is 0 Å². The van der Waals surface area contributed by atoms with Crippen molar-refractivity contribution in [3.63, 3.8) is 0 Å². The number of benzene rings is 3. The lowest BCUT2D eigenvalue weighted by atomic mass is 10.1. The summed E-state index contributed by atoms with van der Waals surface area (Å²) in [6.07, 6.45) is 0. The van der Waals surface area contributed by atoms with Crippen LogP contribution >= 0.6 is 0 Å². The van der Waals surface area contributed by atoms with Gasteiger partial charge in [-0.05, 0) is 35.0 Å². The van der Waals surface area contributed by atoms with Crippen molar-refractivity contribution in [1.29, 1.82) is 0 Å². The quantitative estimate of drug-likeness (QED) is 0.572. The van der Waals surface area contributed by atoms with E-state index in [0.717, 1.165) is 10.8 Å².